The van der Waals surface area contributed by atoms with Crippen molar-refractivity contribution in [3.05, 3.63) is 41.5 Å². The zero-order valence-electron chi connectivity index (χ0n) is 12.9. The van der Waals surface area contributed by atoms with Crippen molar-refractivity contribution < 1.29 is 0 Å². The summed E-state index contributed by atoms with van der Waals surface area (Å²) in [6, 6.07) is 10.5. The van der Waals surface area contributed by atoms with Crippen molar-refractivity contribution in [3.8, 4) is 0 Å². The second kappa shape index (κ2) is 6.71. The van der Waals surface area contributed by atoms with Crippen LogP contribution in [0.5, 0.6) is 0 Å². The first-order valence-corrected chi connectivity index (χ1v) is 9.00. The average Bonchev–Trinajstić information content (AvgIpc) is 2.44. The summed E-state index contributed by atoms with van der Waals surface area (Å²) in [5, 5.41) is 1.65. The van der Waals surface area contributed by atoms with Crippen molar-refractivity contribution in [2.24, 2.45) is 0 Å². The van der Waals surface area contributed by atoms with Gasteiger partial charge in [0.05, 0.1) is 0 Å². The van der Waals surface area contributed by atoms with E-state index >= 15 is 0 Å². The number of nitrogens with two attached hydrogens (primary N) is 1. The van der Waals surface area contributed by atoms with Crippen LogP contribution >= 0.6 is 23.5 Å². The van der Waals surface area contributed by atoms with Crippen LogP contribution in [-0.2, 0) is 11.2 Å². The van der Waals surface area contributed by atoms with E-state index in [1.165, 1.54) is 11.1 Å². The van der Waals surface area contributed by atoms with E-state index in [2.05, 4.69) is 55.0 Å². The number of rotatable bonds is 4. The molecule has 112 valence electrons. The number of nitrogen functional groups attached to an aromatic ring is 1. The highest BCUT2D eigenvalue weighted by atomic mass is 32.2. The third-order valence-electron chi connectivity index (χ3n) is 3.10. The molecule has 5 heteroatoms. The molecule has 2 rings (SSSR count). The highest BCUT2D eigenvalue weighted by molar-refractivity contribution is 7.99. The smallest absolute Gasteiger partial charge is 0.190 e. The fourth-order valence-electron chi connectivity index (χ4n) is 1.84. The molecule has 0 radical (unpaired) electrons. The maximum absolute atomic E-state index is 5.79. The van der Waals surface area contributed by atoms with Gasteiger partial charge < -0.3 is 5.73 Å². The van der Waals surface area contributed by atoms with Crippen molar-refractivity contribution in [1.82, 2.24) is 9.97 Å². The second-order valence-corrected chi connectivity index (χ2v) is 7.62. The Hall–Kier alpha value is -1.20. The van der Waals surface area contributed by atoms with Crippen LogP contribution in [0.15, 0.2) is 40.5 Å². The highest BCUT2D eigenvalue weighted by Gasteiger charge is 2.13. The molecule has 0 spiro atoms. The van der Waals surface area contributed by atoms with Gasteiger partial charge in [-0.2, -0.15) is 0 Å². The zero-order chi connectivity index (χ0) is 15.5. The van der Waals surface area contributed by atoms with E-state index in [1.807, 2.05) is 6.26 Å². The first-order chi connectivity index (χ1) is 9.88. The SMILES string of the molecule is CSc1cc(N)nc(SCc2ccc(C(C)(C)C)cc2)n1. The normalized spacial score (nSPS) is 11.6. The summed E-state index contributed by atoms with van der Waals surface area (Å²) in [5.41, 5.74) is 8.60. The van der Waals surface area contributed by atoms with E-state index in [-0.39, 0.29) is 5.41 Å². The average molecular weight is 319 g/mol. The van der Waals surface area contributed by atoms with Crippen molar-refractivity contribution >= 4 is 29.3 Å². The molecule has 3 nitrogen and oxygen atoms in total. The first-order valence-electron chi connectivity index (χ1n) is 6.79. The second-order valence-electron chi connectivity index (χ2n) is 5.85. The summed E-state index contributed by atoms with van der Waals surface area (Å²) in [4.78, 5) is 8.73. The molecule has 1 aromatic carbocycles. The molecule has 2 aromatic rings. The lowest BCUT2D eigenvalue weighted by Crippen LogP contribution is -2.10. The maximum atomic E-state index is 5.79. The van der Waals surface area contributed by atoms with Gasteiger partial charge >= 0.3 is 0 Å². The van der Waals surface area contributed by atoms with Crippen LogP contribution in [0.3, 0.4) is 0 Å². The minimum atomic E-state index is 0.190. The maximum Gasteiger partial charge on any atom is 0.190 e. The molecule has 0 amide bonds. The first kappa shape index (κ1) is 16.2. The Morgan fingerprint density at radius 2 is 1.76 bits per heavy atom. The topological polar surface area (TPSA) is 51.8 Å². The molecule has 0 aliphatic rings. The highest BCUT2D eigenvalue weighted by Crippen LogP contribution is 2.26. The van der Waals surface area contributed by atoms with Gasteiger partial charge in [-0.25, -0.2) is 9.97 Å². The van der Waals surface area contributed by atoms with E-state index in [0.29, 0.717) is 5.82 Å². The molecule has 0 fully saturated rings. The van der Waals surface area contributed by atoms with Gasteiger partial charge in [0.1, 0.15) is 10.8 Å². The predicted molar refractivity (Wildman–Crippen MR) is 92.9 cm³/mol. The molecule has 0 saturated carbocycles. The lowest BCUT2D eigenvalue weighted by molar-refractivity contribution is 0.590. The van der Waals surface area contributed by atoms with Crippen molar-refractivity contribution in [3.63, 3.8) is 0 Å². The molecule has 1 aromatic heterocycles. The monoisotopic (exact) mass is 319 g/mol. The summed E-state index contributed by atoms with van der Waals surface area (Å²) in [6.07, 6.45) is 1.99. The quantitative estimate of drug-likeness (QED) is 0.515. The Morgan fingerprint density at radius 3 is 2.33 bits per heavy atom. The number of hydrogen-bond donors (Lipinski definition) is 1. The van der Waals surface area contributed by atoms with Gasteiger partial charge in [-0.15, -0.1) is 11.8 Å². The van der Waals surface area contributed by atoms with Crippen LogP contribution in [0.25, 0.3) is 0 Å². The van der Waals surface area contributed by atoms with Gasteiger partial charge in [0.15, 0.2) is 5.16 Å². The summed E-state index contributed by atoms with van der Waals surface area (Å²) in [6.45, 7) is 6.67. The Bertz CT molecular complexity index is 604. The van der Waals surface area contributed by atoms with Crippen LogP contribution < -0.4 is 5.73 Å². The standard InChI is InChI=1S/C16H21N3S2/c1-16(2,3)12-7-5-11(6-8-12)10-21-15-18-13(17)9-14(19-15)20-4/h5-9H,10H2,1-4H3,(H2,17,18,19). The van der Waals surface area contributed by atoms with Gasteiger partial charge in [-0.05, 0) is 22.8 Å². The van der Waals surface area contributed by atoms with Crippen molar-refractivity contribution in [1.29, 1.82) is 0 Å². The third kappa shape index (κ3) is 4.64. The van der Waals surface area contributed by atoms with E-state index in [9.17, 15) is 0 Å². The Balaban J connectivity index is 2.05. The molecule has 0 saturated heterocycles. The number of hydrogen-bond acceptors (Lipinski definition) is 5. The minimum absolute atomic E-state index is 0.190. The molecule has 0 aliphatic heterocycles. The lowest BCUT2D eigenvalue weighted by atomic mass is 9.87. The lowest BCUT2D eigenvalue weighted by Gasteiger charge is -2.19. The molecule has 1 heterocycles. The Labute approximate surface area is 135 Å². The van der Waals surface area contributed by atoms with E-state index in [4.69, 9.17) is 5.73 Å². The van der Waals surface area contributed by atoms with E-state index in [1.54, 1.807) is 29.6 Å². The van der Waals surface area contributed by atoms with Crippen LogP contribution in [-0.4, -0.2) is 16.2 Å². The van der Waals surface area contributed by atoms with Gasteiger partial charge in [0, 0.05) is 11.8 Å². The molecular weight excluding hydrogens is 298 g/mol. The summed E-state index contributed by atoms with van der Waals surface area (Å²) in [5.74, 6) is 1.38. The number of thioether (sulfide) groups is 2. The van der Waals surface area contributed by atoms with Gasteiger partial charge in [-0.1, -0.05) is 56.8 Å². The molecule has 21 heavy (non-hydrogen) atoms. The number of aromatic nitrogens is 2. The molecule has 0 bridgehead atoms. The van der Waals surface area contributed by atoms with Crippen LogP contribution in [0.2, 0.25) is 0 Å². The molecule has 0 aliphatic carbocycles. The minimum Gasteiger partial charge on any atom is -0.384 e. The van der Waals surface area contributed by atoms with Crippen molar-refractivity contribution in [2.45, 2.75) is 42.1 Å². The Morgan fingerprint density at radius 1 is 1.10 bits per heavy atom. The zero-order valence-corrected chi connectivity index (χ0v) is 14.5. The largest absolute Gasteiger partial charge is 0.384 e. The third-order valence-corrected chi connectivity index (χ3v) is 4.64. The van der Waals surface area contributed by atoms with Crippen LogP contribution in [0.1, 0.15) is 31.9 Å². The fourth-order valence-corrected chi connectivity index (χ4v) is 3.13. The molecule has 2 N–H and O–H groups in total. The Kier molecular flexibility index (Phi) is 5.17. The number of nitrogens with zero attached hydrogens (tertiary/aromatic N) is 2. The summed E-state index contributed by atoms with van der Waals surface area (Å²) < 4.78 is 0. The predicted octanol–water partition coefficient (Wildman–Crippen LogP) is 4.37. The van der Waals surface area contributed by atoms with Gasteiger partial charge in [0.25, 0.3) is 0 Å². The van der Waals surface area contributed by atoms with Crippen LogP contribution in [0.4, 0.5) is 5.82 Å². The van der Waals surface area contributed by atoms with E-state index in [0.717, 1.165) is 15.9 Å². The van der Waals surface area contributed by atoms with Gasteiger partial charge in [-0.3, -0.25) is 0 Å². The summed E-state index contributed by atoms with van der Waals surface area (Å²) >= 11 is 3.19. The molecule has 0 unspecified atom stereocenters. The number of benzene rings is 1. The van der Waals surface area contributed by atoms with Crippen LogP contribution in [0, 0.1) is 0 Å². The molecule has 0 atom stereocenters. The van der Waals surface area contributed by atoms with E-state index < -0.39 is 0 Å². The molecular formula is C16H21N3S2. The summed E-state index contributed by atoms with van der Waals surface area (Å²) in [7, 11) is 0. The fraction of sp³-hybridized carbons (Fsp3) is 0.375. The number of anilines is 1. The van der Waals surface area contributed by atoms with Crippen molar-refractivity contribution in [2.75, 3.05) is 12.0 Å². The van der Waals surface area contributed by atoms with Gasteiger partial charge in [0.2, 0.25) is 0 Å².